The summed E-state index contributed by atoms with van der Waals surface area (Å²) >= 11 is 10.5. The van der Waals surface area contributed by atoms with Gasteiger partial charge in [0.05, 0.1) is 7.11 Å². The summed E-state index contributed by atoms with van der Waals surface area (Å²) in [5.74, 6) is -0.392. The molecule has 2 N–H and O–H groups in total. The van der Waals surface area contributed by atoms with Gasteiger partial charge in [-0.25, -0.2) is 4.79 Å². The predicted octanol–water partition coefficient (Wildman–Crippen LogP) is 6.64. The summed E-state index contributed by atoms with van der Waals surface area (Å²) in [6, 6.07) is 15.8. The fourth-order valence-electron chi connectivity index (χ4n) is 3.12. The molecule has 1 heterocycles. The number of rotatable bonds is 5. The van der Waals surface area contributed by atoms with Crippen molar-refractivity contribution in [2.75, 3.05) is 17.7 Å². The lowest BCUT2D eigenvalue weighted by Gasteiger charge is -2.14. The summed E-state index contributed by atoms with van der Waals surface area (Å²) < 4.78 is 6.08. The minimum absolute atomic E-state index is 0.392. The van der Waals surface area contributed by atoms with Crippen molar-refractivity contribution in [2.24, 2.45) is 0 Å². The van der Waals surface area contributed by atoms with Crippen molar-refractivity contribution >= 4 is 61.3 Å². The highest BCUT2D eigenvalue weighted by Crippen LogP contribution is 2.40. The third-order valence-electron chi connectivity index (χ3n) is 4.46. The molecule has 0 aliphatic rings. The van der Waals surface area contributed by atoms with Gasteiger partial charge in [0.1, 0.15) is 10.6 Å². The Kier molecular flexibility index (Phi) is 7.05. The van der Waals surface area contributed by atoms with Crippen molar-refractivity contribution in [1.82, 2.24) is 0 Å². The molecular formula is C22H21BrN2O2S2. The number of methoxy groups -OCH3 is 1. The maximum Gasteiger partial charge on any atom is 0.341 e. The summed E-state index contributed by atoms with van der Waals surface area (Å²) in [5.41, 5.74) is 4.41. The predicted molar refractivity (Wildman–Crippen MR) is 129 cm³/mol. The standard InChI is InChI=1S/C22H21BrN2O2S2/c1-4-14-12-16(23)10-11-17(14)24-22(28)25-20-19(21(26)27-3)18(13(2)29-20)15-8-6-5-7-9-15/h5-12H,4H2,1-3H3,(H2,24,25,28). The van der Waals surface area contributed by atoms with Crippen LogP contribution in [0.2, 0.25) is 0 Å². The number of thiocarbonyl (C=S) groups is 1. The average molecular weight is 489 g/mol. The first-order valence-corrected chi connectivity index (χ1v) is 11.1. The number of hydrogen-bond acceptors (Lipinski definition) is 4. The van der Waals surface area contributed by atoms with Crippen LogP contribution in [0, 0.1) is 6.92 Å². The highest BCUT2D eigenvalue weighted by atomic mass is 79.9. The maximum atomic E-state index is 12.6. The summed E-state index contributed by atoms with van der Waals surface area (Å²) in [5, 5.41) is 7.53. The molecule has 29 heavy (non-hydrogen) atoms. The Morgan fingerprint density at radius 2 is 1.90 bits per heavy atom. The van der Waals surface area contributed by atoms with Crippen molar-refractivity contribution in [3.05, 3.63) is 69.0 Å². The molecule has 2 aromatic carbocycles. The molecule has 3 aromatic rings. The van der Waals surface area contributed by atoms with E-state index in [1.54, 1.807) is 0 Å². The van der Waals surface area contributed by atoms with Crippen LogP contribution in [0.1, 0.15) is 27.7 Å². The largest absolute Gasteiger partial charge is 0.465 e. The number of ether oxygens (including phenoxy) is 1. The normalized spacial score (nSPS) is 10.5. The van der Waals surface area contributed by atoms with Gasteiger partial charge in [0.15, 0.2) is 5.11 Å². The number of halogens is 1. The highest BCUT2D eigenvalue weighted by molar-refractivity contribution is 9.10. The van der Waals surface area contributed by atoms with Gasteiger partial charge in [-0.1, -0.05) is 53.2 Å². The van der Waals surface area contributed by atoms with E-state index in [1.807, 2.05) is 49.4 Å². The fourth-order valence-corrected chi connectivity index (χ4v) is 4.87. The lowest BCUT2D eigenvalue weighted by Crippen LogP contribution is -2.20. The van der Waals surface area contributed by atoms with Crippen LogP contribution in [0.4, 0.5) is 10.7 Å². The molecule has 0 unspecified atom stereocenters. The molecular weight excluding hydrogens is 468 g/mol. The maximum absolute atomic E-state index is 12.6. The van der Waals surface area contributed by atoms with E-state index in [4.69, 9.17) is 17.0 Å². The smallest absolute Gasteiger partial charge is 0.341 e. The van der Waals surface area contributed by atoms with Crippen LogP contribution in [-0.4, -0.2) is 18.2 Å². The molecule has 0 aliphatic heterocycles. The summed E-state index contributed by atoms with van der Waals surface area (Å²) in [6.45, 7) is 4.08. The van der Waals surface area contributed by atoms with Crippen molar-refractivity contribution in [2.45, 2.75) is 20.3 Å². The zero-order valence-corrected chi connectivity index (χ0v) is 19.6. The lowest BCUT2D eigenvalue weighted by atomic mass is 10.0. The highest BCUT2D eigenvalue weighted by Gasteiger charge is 2.24. The minimum Gasteiger partial charge on any atom is -0.465 e. The van der Waals surface area contributed by atoms with Gasteiger partial charge in [0.2, 0.25) is 0 Å². The number of anilines is 2. The van der Waals surface area contributed by atoms with Gasteiger partial charge in [-0.3, -0.25) is 0 Å². The number of carbonyl (C=O) groups is 1. The molecule has 0 aliphatic carbocycles. The molecule has 7 heteroatoms. The van der Waals surface area contributed by atoms with E-state index >= 15 is 0 Å². The van der Waals surface area contributed by atoms with E-state index in [-0.39, 0.29) is 0 Å². The van der Waals surface area contributed by atoms with Gasteiger partial charge < -0.3 is 15.4 Å². The van der Waals surface area contributed by atoms with E-state index in [2.05, 4.69) is 39.6 Å². The van der Waals surface area contributed by atoms with Gasteiger partial charge in [0, 0.05) is 20.6 Å². The van der Waals surface area contributed by atoms with Crippen LogP contribution in [0.25, 0.3) is 11.1 Å². The number of esters is 1. The third-order valence-corrected chi connectivity index (χ3v) is 6.18. The zero-order valence-electron chi connectivity index (χ0n) is 16.3. The van der Waals surface area contributed by atoms with E-state index in [0.717, 1.165) is 38.1 Å². The Bertz CT molecular complexity index is 1050. The number of benzene rings is 2. The topological polar surface area (TPSA) is 50.4 Å². The molecule has 3 rings (SSSR count). The van der Waals surface area contributed by atoms with Crippen molar-refractivity contribution in [1.29, 1.82) is 0 Å². The van der Waals surface area contributed by atoms with Gasteiger partial charge in [-0.15, -0.1) is 11.3 Å². The molecule has 4 nitrogen and oxygen atoms in total. The zero-order chi connectivity index (χ0) is 21.0. The van der Waals surface area contributed by atoms with Crippen molar-refractivity contribution in [3.8, 4) is 11.1 Å². The summed E-state index contributed by atoms with van der Waals surface area (Å²) in [7, 11) is 1.39. The molecule has 0 bridgehead atoms. The van der Waals surface area contributed by atoms with E-state index in [1.165, 1.54) is 18.4 Å². The number of carbonyl (C=O) groups excluding carboxylic acids is 1. The molecule has 0 fully saturated rings. The van der Waals surface area contributed by atoms with Gasteiger partial charge >= 0.3 is 5.97 Å². The number of thiophene rings is 1. The van der Waals surface area contributed by atoms with Crippen LogP contribution in [-0.2, 0) is 11.2 Å². The second-order valence-electron chi connectivity index (χ2n) is 6.33. The molecule has 150 valence electrons. The second-order valence-corrected chi connectivity index (χ2v) is 8.88. The second kappa shape index (κ2) is 9.52. The Morgan fingerprint density at radius 1 is 1.17 bits per heavy atom. The molecule has 1 aromatic heterocycles. The Labute approximate surface area is 188 Å². The van der Waals surface area contributed by atoms with Crippen LogP contribution in [0.15, 0.2) is 53.0 Å². The third kappa shape index (κ3) is 4.86. The van der Waals surface area contributed by atoms with E-state index in [9.17, 15) is 4.79 Å². The molecule has 0 atom stereocenters. The number of hydrogen-bond donors (Lipinski definition) is 2. The van der Waals surface area contributed by atoms with Crippen LogP contribution >= 0.6 is 39.5 Å². The lowest BCUT2D eigenvalue weighted by molar-refractivity contribution is 0.0603. The van der Waals surface area contributed by atoms with Crippen molar-refractivity contribution < 1.29 is 9.53 Å². The molecule has 0 saturated carbocycles. The minimum atomic E-state index is -0.392. The van der Waals surface area contributed by atoms with Crippen LogP contribution < -0.4 is 10.6 Å². The average Bonchev–Trinajstić information content (AvgIpc) is 3.04. The van der Waals surface area contributed by atoms with Crippen molar-refractivity contribution in [3.63, 3.8) is 0 Å². The van der Waals surface area contributed by atoms with Crippen LogP contribution in [0.5, 0.6) is 0 Å². The Morgan fingerprint density at radius 3 is 2.55 bits per heavy atom. The molecule has 0 saturated heterocycles. The van der Waals surface area contributed by atoms with E-state index in [0.29, 0.717) is 15.7 Å². The quantitative estimate of drug-likeness (QED) is 0.311. The van der Waals surface area contributed by atoms with Crippen LogP contribution in [0.3, 0.4) is 0 Å². The number of aryl methyl sites for hydroxylation is 2. The first-order chi connectivity index (χ1) is 13.9. The monoisotopic (exact) mass is 488 g/mol. The van der Waals surface area contributed by atoms with Gasteiger partial charge in [-0.2, -0.15) is 0 Å². The summed E-state index contributed by atoms with van der Waals surface area (Å²) in [4.78, 5) is 13.6. The fraction of sp³-hybridized carbons (Fsp3) is 0.182. The SMILES string of the molecule is CCc1cc(Br)ccc1NC(=S)Nc1sc(C)c(-c2ccccc2)c1C(=O)OC. The molecule has 0 spiro atoms. The first-order valence-electron chi connectivity index (χ1n) is 9.08. The Hall–Kier alpha value is -2.22. The van der Waals surface area contributed by atoms with Gasteiger partial charge in [0.25, 0.3) is 0 Å². The van der Waals surface area contributed by atoms with Gasteiger partial charge in [-0.05, 0) is 54.9 Å². The summed E-state index contributed by atoms with van der Waals surface area (Å²) in [6.07, 6.45) is 0.869. The van der Waals surface area contributed by atoms with E-state index < -0.39 is 5.97 Å². The molecule has 0 amide bonds. The Balaban J connectivity index is 1.93. The first kappa shape index (κ1) is 21.5. The molecule has 0 radical (unpaired) electrons. The number of nitrogens with one attached hydrogen (secondary N) is 2.